The van der Waals surface area contributed by atoms with E-state index < -0.39 is 0 Å². The van der Waals surface area contributed by atoms with Crippen LogP contribution in [0.15, 0.2) is 78.0 Å². The smallest absolute Gasteiger partial charge is 0.209 e. The summed E-state index contributed by atoms with van der Waals surface area (Å²) in [5.41, 5.74) is 6.02. The van der Waals surface area contributed by atoms with E-state index in [-0.39, 0.29) is 34.9 Å². The van der Waals surface area contributed by atoms with Crippen LogP contribution in [0.25, 0.3) is 5.57 Å². The van der Waals surface area contributed by atoms with E-state index in [1.807, 2.05) is 13.1 Å². The summed E-state index contributed by atoms with van der Waals surface area (Å²) in [6.07, 6.45) is 6.77. The van der Waals surface area contributed by atoms with Crippen LogP contribution >= 0.6 is 11.6 Å². The fourth-order valence-electron chi connectivity index (χ4n) is 4.04. The maximum atomic E-state index is 14.2. The number of nitrogens with zero attached hydrogens (tertiary/aromatic N) is 3. The summed E-state index contributed by atoms with van der Waals surface area (Å²) in [5, 5.41) is 4.68. The number of halogens is 2. The summed E-state index contributed by atoms with van der Waals surface area (Å²) in [4.78, 5) is 17.6. The molecule has 4 nitrogen and oxygen atoms in total. The van der Waals surface area contributed by atoms with Gasteiger partial charge in [0, 0.05) is 11.8 Å². The lowest BCUT2D eigenvalue weighted by molar-refractivity contribution is 0.102. The molecule has 2 aromatic rings. The molecule has 1 fully saturated rings. The zero-order valence-corrected chi connectivity index (χ0v) is 19.3. The van der Waals surface area contributed by atoms with Crippen LogP contribution in [0, 0.1) is 17.7 Å². The molecule has 0 spiro atoms. The molecule has 1 aliphatic carbocycles. The van der Waals surface area contributed by atoms with E-state index in [1.165, 1.54) is 10.7 Å². The molecule has 0 bridgehead atoms. The van der Waals surface area contributed by atoms with Crippen LogP contribution in [0.5, 0.6) is 0 Å². The molecule has 1 unspecified atom stereocenters. The van der Waals surface area contributed by atoms with E-state index in [2.05, 4.69) is 35.6 Å². The van der Waals surface area contributed by atoms with Gasteiger partial charge in [-0.25, -0.2) is 9.07 Å². The Morgan fingerprint density at radius 2 is 2.03 bits per heavy atom. The summed E-state index contributed by atoms with van der Waals surface area (Å²) in [5.74, 6) is -0.0590. The molecule has 2 heterocycles. The van der Waals surface area contributed by atoms with Gasteiger partial charge < -0.3 is 0 Å². The standard InChI is InChI=1S/C27H25ClFN3O/c1-5-6-9-16(2)24-25(31-32(27(24)28)15-19-10-7-8-11-23(19)29)26(33)17(3)12-21-18(4)22(21)13-20-14-30-20/h5,7-11,14,20-22H,2-4,12-13,15H2,1H3/t6?,20?,21-,22-/m1/s1. The monoisotopic (exact) mass is 461 g/mol. The zero-order chi connectivity index (χ0) is 23.7. The van der Waals surface area contributed by atoms with Crippen LogP contribution in [0.3, 0.4) is 0 Å². The lowest BCUT2D eigenvalue weighted by atomic mass is 9.98. The Morgan fingerprint density at radius 3 is 2.70 bits per heavy atom. The number of allylic oxidation sites excluding steroid dienone is 4. The molecular weight excluding hydrogens is 437 g/mol. The van der Waals surface area contributed by atoms with Crippen LogP contribution in [0.2, 0.25) is 5.15 Å². The minimum absolute atomic E-state index is 0.0851. The molecule has 1 aromatic heterocycles. The summed E-state index contributed by atoms with van der Waals surface area (Å²) in [7, 11) is 0. The van der Waals surface area contributed by atoms with Gasteiger partial charge >= 0.3 is 0 Å². The van der Waals surface area contributed by atoms with Crippen molar-refractivity contribution in [1.82, 2.24) is 9.78 Å². The van der Waals surface area contributed by atoms with E-state index in [9.17, 15) is 9.18 Å². The number of Topliss-reactive ketones (excluding diaryl/α,β-unsaturated/α-hetero) is 1. The van der Waals surface area contributed by atoms with Crippen molar-refractivity contribution < 1.29 is 9.18 Å². The summed E-state index contributed by atoms with van der Waals surface area (Å²) < 4.78 is 15.6. The first kappa shape index (κ1) is 22.9. The summed E-state index contributed by atoms with van der Waals surface area (Å²) in [6.45, 7) is 14.1. The number of carbonyl (C=O) groups excluding carboxylic acids is 1. The molecular formula is C27H25ClFN3O. The molecule has 1 saturated carbocycles. The van der Waals surface area contributed by atoms with Gasteiger partial charge in [-0.1, -0.05) is 55.1 Å². The third-order valence-electron chi connectivity index (χ3n) is 6.10. The highest BCUT2D eigenvalue weighted by atomic mass is 35.5. The van der Waals surface area contributed by atoms with Crippen molar-refractivity contribution in [3.8, 4) is 0 Å². The minimum Gasteiger partial charge on any atom is -0.287 e. The third kappa shape index (κ3) is 4.90. The molecule has 1 aromatic carbocycles. The Morgan fingerprint density at radius 1 is 1.30 bits per heavy atom. The van der Waals surface area contributed by atoms with Gasteiger partial charge in [-0.15, -0.1) is 5.73 Å². The number of carbonyl (C=O) groups is 1. The second-order valence-corrected chi connectivity index (χ2v) is 8.77. The van der Waals surface area contributed by atoms with Crippen molar-refractivity contribution in [1.29, 1.82) is 0 Å². The average molecular weight is 462 g/mol. The molecule has 0 radical (unpaired) electrons. The van der Waals surface area contributed by atoms with Crippen LogP contribution in [0.4, 0.5) is 4.39 Å². The number of hydrogen-bond donors (Lipinski definition) is 0. The van der Waals surface area contributed by atoms with Gasteiger partial charge in [0.15, 0.2) is 0 Å². The molecule has 0 saturated heterocycles. The lowest BCUT2D eigenvalue weighted by Crippen LogP contribution is -2.09. The first-order valence-electron chi connectivity index (χ1n) is 10.8. The zero-order valence-electron chi connectivity index (χ0n) is 18.5. The number of aliphatic imine (C=N–C) groups is 1. The summed E-state index contributed by atoms with van der Waals surface area (Å²) in [6, 6.07) is 6.71. The van der Waals surface area contributed by atoms with Crippen LogP contribution in [-0.4, -0.2) is 27.8 Å². The Kier molecular flexibility index (Phi) is 6.46. The van der Waals surface area contributed by atoms with Gasteiger partial charge in [0.1, 0.15) is 16.7 Å². The van der Waals surface area contributed by atoms with Gasteiger partial charge in [0.2, 0.25) is 5.78 Å². The molecule has 0 N–H and O–H groups in total. The average Bonchev–Trinajstić information content (AvgIpc) is 3.70. The highest BCUT2D eigenvalue weighted by molar-refractivity contribution is 6.32. The van der Waals surface area contributed by atoms with Crippen molar-refractivity contribution >= 4 is 29.2 Å². The summed E-state index contributed by atoms with van der Waals surface area (Å²) >= 11 is 6.63. The number of benzene rings is 1. The fraction of sp³-hybridized carbons (Fsp3) is 0.259. The van der Waals surface area contributed by atoms with Crippen molar-refractivity contribution in [2.75, 3.05) is 0 Å². The molecule has 2 aliphatic rings. The highest BCUT2D eigenvalue weighted by Crippen LogP contribution is 2.51. The number of aromatic nitrogens is 2. The molecule has 168 valence electrons. The predicted octanol–water partition coefficient (Wildman–Crippen LogP) is 6.24. The van der Waals surface area contributed by atoms with E-state index in [0.29, 0.717) is 40.7 Å². The predicted molar refractivity (Wildman–Crippen MR) is 131 cm³/mol. The van der Waals surface area contributed by atoms with Crippen molar-refractivity contribution in [3.63, 3.8) is 0 Å². The SMILES string of the molecule is C=C(C[C@@H]1C(=C)[C@H]1CC1C=N1)C(=O)c1nn(Cc2ccccc2F)c(Cl)c1C(=C)C=C=CC. The molecule has 0 amide bonds. The highest BCUT2D eigenvalue weighted by Gasteiger charge is 2.44. The van der Waals surface area contributed by atoms with Crippen LogP contribution < -0.4 is 0 Å². The van der Waals surface area contributed by atoms with E-state index in [1.54, 1.807) is 30.4 Å². The number of hydrogen-bond acceptors (Lipinski definition) is 3. The maximum absolute atomic E-state index is 14.2. The van der Waals surface area contributed by atoms with Gasteiger partial charge in [-0.3, -0.25) is 9.79 Å². The Hall–Kier alpha value is -3.27. The minimum atomic E-state index is -0.367. The Bertz CT molecular complexity index is 1260. The van der Waals surface area contributed by atoms with Gasteiger partial charge in [-0.2, -0.15) is 5.10 Å². The molecule has 33 heavy (non-hydrogen) atoms. The number of rotatable bonds is 10. The molecule has 6 heteroatoms. The fourth-order valence-corrected chi connectivity index (χ4v) is 4.34. The van der Waals surface area contributed by atoms with Gasteiger partial charge in [0.05, 0.1) is 18.2 Å². The van der Waals surface area contributed by atoms with Crippen LogP contribution in [-0.2, 0) is 6.54 Å². The molecule has 4 rings (SSSR count). The Balaban J connectivity index is 1.61. The third-order valence-corrected chi connectivity index (χ3v) is 6.48. The van der Waals surface area contributed by atoms with Crippen molar-refractivity contribution in [3.05, 3.63) is 101 Å². The first-order chi connectivity index (χ1) is 15.8. The second kappa shape index (κ2) is 9.30. The maximum Gasteiger partial charge on any atom is 0.209 e. The van der Waals surface area contributed by atoms with E-state index in [0.717, 1.165) is 12.0 Å². The van der Waals surface area contributed by atoms with Crippen molar-refractivity contribution in [2.24, 2.45) is 16.8 Å². The van der Waals surface area contributed by atoms with Crippen molar-refractivity contribution in [2.45, 2.75) is 32.4 Å². The Labute approximate surface area is 198 Å². The topological polar surface area (TPSA) is 47.2 Å². The van der Waals surface area contributed by atoms with Gasteiger partial charge in [0.25, 0.3) is 0 Å². The number of ketones is 1. The van der Waals surface area contributed by atoms with Gasteiger partial charge in [-0.05, 0) is 61.0 Å². The quantitative estimate of drug-likeness (QED) is 0.138. The molecule has 1 aliphatic heterocycles. The van der Waals surface area contributed by atoms with E-state index in [4.69, 9.17) is 11.6 Å². The second-order valence-electron chi connectivity index (χ2n) is 8.41. The molecule has 3 atom stereocenters. The normalized spacial score (nSPS) is 20.2. The van der Waals surface area contributed by atoms with E-state index >= 15 is 0 Å². The van der Waals surface area contributed by atoms with Crippen LogP contribution in [0.1, 0.15) is 41.4 Å². The lowest BCUT2D eigenvalue weighted by Gasteiger charge is -2.05. The first-order valence-corrected chi connectivity index (χ1v) is 11.2. The largest absolute Gasteiger partial charge is 0.287 e.